The van der Waals surface area contributed by atoms with Crippen LogP contribution in [-0.2, 0) is 6.42 Å². The zero-order chi connectivity index (χ0) is 9.30. The minimum Gasteiger partial charge on any atom is -0.207 e. The molecule has 0 atom stereocenters. The molecule has 0 saturated heterocycles. The van der Waals surface area contributed by atoms with E-state index in [9.17, 15) is 4.39 Å². The van der Waals surface area contributed by atoms with Crippen molar-refractivity contribution < 1.29 is 4.39 Å². The summed E-state index contributed by atoms with van der Waals surface area (Å²) >= 11 is 0. The molecule has 0 amide bonds. The third-order valence-corrected chi connectivity index (χ3v) is 2.39. The van der Waals surface area contributed by atoms with Crippen LogP contribution in [0.15, 0.2) is 6.07 Å². The minimum absolute atomic E-state index is 0.0440. The lowest BCUT2D eigenvalue weighted by molar-refractivity contribution is 0.624. The number of halogens is 1. The van der Waals surface area contributed by atoms with Crippen LogP contribution in [0.2, 0.25) is 0 Å². The number of benzene rings is 1. The van der Waals surface area contributed by atoms with E-state index in [4.69, 9.17) is 0 Å². The van der Waals surface area contributed by atoms with Gasteiger partial charge in [-0.05, 0) is 37.0 Å². The van der Waals surface area contributed by atoms with Crippen molar-refractivity contribution in [2.75, 3.05) is 0 Å². The SMILES string of the molecule is Bc1c(F)c(C)cc(C)c1CC. The molecule has 0 aromatic heterocycles. The van der Waals surface area contributed by atoms with Gasteiger partial charge in [0.2, 0.25) is 0 Å². The number of aryl methyl sites for hydroxylation is 2. The number of rotatable bonds is 1. The Balaban J connectivity index is 3.40. The van der Waals surface area contributed by atoms with Gasteiger partial charge in [-0.1, -0.05) is 18.5 Å². The van der Waals surface area contributed by atoms with Crippen LogP contribution in [0.1, 0.15) is 23.6 Å². The van der Waals surface area contributed by atoms with E-state index >= 15 is 0 Å². The molecule has 0 saturated carbocycles. The van der Waals surface area contributed by atoms with Crippen molar-refractivity contribution in [2.24, 2.45) is 0 Å². The van der Waals surface area contributed by atoms with Crippen LogP contribution in [-0.4, -0.2) is 7.85 Å². The Morgan fingerprint density at radius 3 is 2.42 bits per heavy atom. The van der Waals surface area contributed by atoms with Gasteiger partial charge in [-0.3, -0.25) is 0 Å². The second kappa shape index (κ2) is 3.30. The fourth-order valence-electron chi connectivity index (χ4n) is 1.74. The second-order valence-corrected chi connectivity index (χ2v) is 3.28. The van der Waals surface area contributed by atoms with Crippen LogP contribution in [0.5, 0.6) is 0 Å². The summed E-state index contributed by atoms with van der Waals surface area (Å²) in [7, 11) is 1.86. The van der Waals surface area contributed by atoms with Gasteiger partial charge in [0.1, 0.15) is 13.7 Å². The Bertz CT molecular complexity index is 305. The summed E-state index contributed by atoms with van der Waals surface area (Å²) in [6.45, 7) is 5.91. The molecule has 1 aromatic carbocycles. The molecular formula is C10H14BF. The molecule has 0 spiro atoms. The van der Waals surface area contributed by atoms with Gasteiger partial charge in [0.05, 0.1) is 0 Å². The lowest BCUT2D eigenvalue weighted by Gasteiger charge is -2.10. The van der Waals surface area contributed by atoms with E-state index in [2.05, 4.69) is 6.92 Å². The average Bonchev–Trinajstić information content (AvgIpc) is 2.01. The lowest BCUT2D eigenvalue weighted by atomic mass is 9.84. The quantitative estimate of drug-likeness (QED) is 0.548. The number of hydrogen-bond acceptors (Lipinski definition) is 0. The van der Waals surface area contributed by atoms with Crippen molar-refractivity contribution in [3.05, 3.63) is 28.6 Å². The van der Waals surface area contributed by atoms with Crippen LogP contribution in [0.25, 0.3) is 0 Å². The van der Waals surface area contributed by atoms with Gasteiger partial charge < -0.3 is 0 Å². The lowest BCUT2D eigenvalue weighted by Crippen LogP contribution is -2.17. The maximum atomic E-state index is 13.4. The Hall–Kier alpha value is -0.785. The second-order valence-electron chi connectivity index (χ2n) is 3.28. The highest BCUT2D eigenvalue weighted by Gasteiger charge is 2.07. The van der Waals surface area contributed by atoms with Crippen LogP contribution < -0.4 is 5.46 Å². The largest absolute Gasteiger partial charge is 0.207 e. The summed E-state index contributed by atoms with van der Waals surface area (Å²) in [6, 6.07) is 1.92. The molecule has 0 heterocycles. The van der Waals surface area contributed by atoms with Gasteiger partial charge in [-0.25, -0.2) is 4.39 Å². The van der Waals surface area contributed by atoms with E-state index in [1.54, 1.807) is 0 Å². The molecule has 0 bridgehead atoms. The first-order valence-electron chi connectivity index (χ1n) is 4.33. The van der Waals surface area contributed by atoms with E-state index in [0.29, 0.717) is 0 Å². The normalized spacial score (nSPS) is 10.3. The highest BCUT2D eigenvalue weighted by Crippen LogP contribution is 2.11. The summed E-state index contributed by atoms with van der Waals surface area (Å²) in [4.78, 5) is 0. The van der Waals surface area contributed by atoms with Crippen LogP contribution in [0, 0.1) is 19.7 Å². The zero-order valence-corrected chi connectivity index (χ0v) is 8.16. The van der Waals surface area contributed by atoms with Gasteiger partial charge in [0, 0.05) is 0 Å². The van der Waals surface area contributed by atoms with Gasteiger partial charge in [-0.2, -0.15) is 0 Å². The van der Waals surface area contributed by atoms with Crippen molar-refractivity contribution >= 4 is 13.3 Å². The monoisotopic (exact) mass is 164 g/mol. The summed E-state index contributed by atoms with van der Waals surface area (Å²) in [5, 5.41) is 0. The third kappa shape index (κ3) is 1.38. The van der Waals surface area contributed by atoms with Crippen molar-refractivity contribution in [3.8, 4) is 0 Å². The van der Waals surface area contributed by atoms with Gasteiger partial charge in [0.25, 0.3) is 0 Å². The fraction of sp³-hybridized carbons (Fsp3) is 0.400. The van der Waals surface area contributed by atoms with Gasteiger partial charge >= 0.3 is 0 Å². The maximum Gasteiger partial charge on any atom is 0.143 e. The Morgan fingerprint density at radius 1 is 1.33 bits per heavy atom. The zero-order valence-electron chi connectivity index (χ0n) is 8.16. The summed E-state index contributed by atoms with van der Waals surface area (Å²) in [5.41, 5.74) is 3.92. The molecule has 0 unspecified atom stereocenters. The molecule has 64 valence electrons. The first-order chi connectivity index (χ1) is 5.57. The first-order valence-corrected chi connectivity index (χ1v) is 4.33. The molecule has 12 heavy (non-hydrogen) atoms. The molecule has 0 N–H and O–H groups in total. The van der Waals surface area contributed by atoms with Gasteiger partial charge in [0.15, 0.2) is 0 Å². The van der Waals surface area contributed by atoms with Gasteiger partial charge in [-0.15, -0.1) is 0 Å². The highest BCUT2D eigenvalue weighted by atomic mass is 19.1. The minimum atomic E-state index is -0.0440. The molecule has 0 aliphatic heterocycles. The van der Waals surface area contributed by atoms with Crippen LogP contribution >= 0.6 is 0 Å². The van der Waals surface area contributed by atoms with E-state index in [1.807, 2.05) is 27.8 Å². The maximum absolute atomic E-state index is 13.4. The standard InChI is InChI=1S/C10H14BF/c1-4-8-6(2)5-7(3)10(12)9(8)11/h5H,4,11H2,1-3H3. The van der Waals surface area contributed by atoms with Crippen LogP contribution in [0.3, 0.4) is 0 Å². The van der Waals surface area contributed by atoms with Crippen molar-refractivity contribution in [2.45, 2.75) is 27.2 Å². The molecule has 0 aliphatic carbocycles. The van der Waals surface area contributed by atoms with Crippen molar-refractivity contribution in [1.82, 2.24) is 0 Å². The predicted octanol–water partition coefficient (Wildman–Crippen LogP) is 1.26. The van der Waals surface area contributed by atoms with E-state index in [1.165, 1.54) is 5.56 Å². The summed E-state index contributed by atoms with van der Waals surface area (Å²) in [6.07, 6.45) is 0.912. The number of hydrogen-bond donors (Lipinski definition) is 0. The molecule has 2 heteroatoms. The Labute approximate surface area is 74.2 Å². The summed E-state index contributed by atoms with van der Waals surface area (Å²) in [5.74, 6) is -0.0440. The predicted molar refractivity (Wildman–Crippen MR) is 53.4 cm³/mol. The molecule has 1 aromatic rings. The van der Waals surface area contributed by atoms with E-state index in [0.717, 1.165) is 23.0 Å². The molecule has 0 radical (unpaired) electrons. The topological polar surface area (TPSA) is 0 Å². The molecule has 0 fully saturated rings. The molecule has 0 aliphatic rings. The molecule has 0 nitrogen and oxygen atoms in total. The smallest absolute Gasteiger partial charge is 0.143 e. The summed E-state index contributed by atoms with van der Waals surface area (Å²) < 4.78 is 13.4. The molecular weight excluding hydrogens is 150 g/mol. The van der Waals surface area contributed by atoms with Crippen LogP contribution in [0.4, 0.5) is 4.39 Å². The Morgan fingerprint density at radius 2 is 1.92 bits per heavy atom. The van der Waals surface area contributed by atoms with Crippen molar-refractivity contribution in [3.63, 3.8) is 0 Å². The first kappa shape index (κ1) is 9.30. The van der Waals surface area contributed by atoms with E-state index in [-0.39, 0.29) is 5.82 Å². The highest BCUT2D eigenvalue weighted by molar-refractivity contribution is 6.33. The Kier molecular flexibility index (Phi) is 2.56. The fourth-order valence-corrected chi connectivity index (χ4v) is 1.74. The third-order valence-electron chi connectivity index (χ3n) is 2.39. The van der Waals surface area contributed by atoms with E-state index < -0.39 is 0 Å². The molecule has 1 rings (SSSR count). The average molecular weight is 164 g/mol. The van der Waals surface area contributed by atoms with Crippen molar-refractivity contribution in [1.29, 1.82) is 0 Å².